The fourth-order valence-electron chi connectivity index (χ4n) is 4.08. The average molecular weight is 393 g/mol. The molecule has 1 saturated heterocycles. The maximum Gasteiger partial charge on any atom is 0.143 e. The Morgan fingerprint density at radius 2 is 1.93 bits per heavy atom. The van der Waals surface area contributed by atoms with Crippen LogP contribution in [-0.2, 0) is 11.2 Å². The molecule has 152 valence electrons. The van der Waals surface area contributed by atoms with Gasteiger partial charge in [0.05, 0.1) is 18.6 Å². The topological polar surface area (TPSA) is 89.3 Å². The number of hydrogen-bond donors (Lipinski definition) is 2. The van der Waals surface area contributed by atoms with E-state index in [0.29, 0.717) is 17.8 Å². The van der Waals surface area contributed by atoms with Crippen molar-refractivity contribution in [1.29, 1.82) is 0 Å². The van der Waals surface area contributed by atoms with Crippen molar-refractivity contribution in [3.8, 4) is 5.75 Å². The number of rotatable bonds is 2. The summed E-state index contributed by atoms with van der Waals surface area (Å²) in [6.45, 7) is 4.61. The Morgan fingerprint density at radius 3 is 2.72 bits per heavy atom. The summed E-state index contributed by atoms with van der Waals surface area (Å²) in [6, 6.07) is 11.0. The van der Waals surface area contributed by atoms with Gasteiger partial charge in [0, 0.05) is 24.8 Å². The highest BCUT2D eigenvalue weighted by Gasteiger charge is 2.26. The number of hydrogen-bond acceptors (Lipinski definition) is 6. The third kappa shape index (κ3) is 4.06. The van der Waals surface area contributed by atoms with Crippen molar-refractivity contribution >= 4 is 16.9 Å². The largest absolute Gasteiger partial charge is 0.492 e. The number of anilines is 1. The Morgan fingerprint density at radius 1 is 1.10 bits per heavy atom. The average Bonchev–Trinajstić information content (AvgIpc) is 3.53. The molecule has 7 nitrogen and oxygen atoms in total. The molecule has 3 aromatic rings. The third-order valence-corrected chi connectivity index (χ3v) is 5.92. The van der Waals surface area contributed by atoms with E-state index in [1.165, 1.54) is 30.4 Å². The maximum atomic E-state index is 5.81. The molecule has 1 atom stereocenters. The Kier molecular flexibility index (Phi) is 5.08. The predicted molar refractivity (Wildman–Crippen MR) is 112 cm³/mol. The zero-order valence-electron chi connectivity index (χ0n) is 16.5. The van der Waals surface area contributed by atoms with E-state index in [0.717, 1.165) is 56.1 Å². The van der Waals surface area contributed by atoms with E-state index in [1.54, 1.807) is 0 Å². The van der Waals surface area contributed by atoms with Crippen LogP contribution in [0, 0.1) is 0 Å². The highest BCUT2D eigenvalue weighted by molar-refractivity contribution is 5.86. The number of aromatic amines is 1. The third-order valence-electron chi connectivity index (χ3n) is 5.92. The number of morpholine rings is 1. The summed E-state index contributed by atoms with van der Waals surface area (Å²) in [6.07, 6.45) is 5.15. The van der Waals surface area contributed by atoms with Crippen molar-refractivity contribution in [2.45, 2.75) is 31.2 Å². The smallest absolute Gasteiger partial charge is 0.143 e. The van der Waals surface area contributed by atoms with Crippen LogP contribution in [0.2, 0.25) is 0 Å². The molecule has 0 amide bonds. The number of nitrogen functional groups attached to an aromatic ring is 1. The minimum Gasteiger partial charge on any atom is -0.492 e. The van der Waals surface area contributed by atoms with Crippen LogP contribution in [0.15, 0.2) is 36.7 Å². The van der Waals surface area contributed by atoms with E-state index < -0.39 is 0 Å². The summed E-state index contributed by atoms with van der Waals surface area (Å²) in [5.41, 5.74) is 9.17. The Hall–Kier alpha value is -2.64. The molecular weight excluding hydrogens is 366 g/mol. The number of fused-ring (bicyclic) bond motifs is 2. The quantitative estimate of drug-likeness (QED) is 0.696. The maximum absolute atomic E-state index is 5.81. The lowest BCUT2D eigenvalue weighted by atomic mass is 10.0. The summed E-state index contributed by atoms with van der Waals surface area (Å²) >= 11 is 0. The molecule has 3 N–H and O–H groups in total. The second kappa shape index (κ2) is 8.00. The lowest BCUT2D eigenvalue weighted by Gasteiger charge is -2.37. The van der Waals surface area contributed by atoms with E-state index in [1.807, 2.05) is 6.07 Å². The van der Waals surface area contributed by atoms with Crippen molar-refractivity contribution in [2.24, 2.45) is 0 Å². The van der Waals surface area contributed by atoms with Gasteiger partial charge in [-0.15, -0.1) is 0 Å². The summed E-state index contributed by atoms with van der Waals surface area (Å²) in [5.74, 6) is 2.33. The molecule has 0 spiro atoms. The monoisotopic (exact) mass is 393 g/mol. The van der Waals surface area contributed by atoms with E-state index >= 15 is 0 Å². The van der Waals surface area contributed by atoms with Crippen LogP contribution < -0.4 is 10.5 Å². The number of nitrogens with two attached hydrogens (primary N) is 1. The summed E-state index contributed by atoms with van der Waals surface area (Å²) in [5, 5.41) is 0.949. The molecule has 0 bridgehead atoms. The Balaban J connectivity index is 0.000000128. The van der Waals surface area contributed by atoms with Gasteiger partial charge in [-0.25, -0.2) is 9.97 Å². The predicted octanol–water partition coefficient (Wildman–Crippen LogP) is 2.74. The number of nitrogens with one attached hydrogen (secondary N) is 1. The molecule has 2 aromatic heterocycles. The normalized spacial score (nSPS) is 21.7. The van der Waals surface area contributed by atoms with Gasteiger partial charge in [0.15, 0.2) is 0 Å². The van der Waals surface area contributed by atoms with Gasteiger partial charge < -0.3 is 20.2 Å². The van der Waals surface area contributed by atoms with Crippen LogP contribution in [0.4, 0.5) is 5.82 Å². The number of para-hydroxylation sites is 1. The van der Waals surface area contributed by atoms with Crippen LogP contribution in [0.1, 0.15) is 30.0 Å². The zero-order valence-corrected chi connectivity index (χ0v) is 16.5. The fraction of sp³-hybridized carbons (Fsp3) is 0.455. The molecular formula is C22H27N5O2. The first kappa shape index (κ1) is 18.4. The van der Waals surface area contributed by atoms with Crippen molar-refractivity contribution < 1.29 is 9.47 Å². The van der Waals surface area contributed by atoms with E-state index in [-0.39, 0.29) is 0 Å². The SMILES string of the molecule is Nc1ncnc2[nH]c(C3CC3)cc12.c1ccc2c(c1)CC(N1CCOCC1)CO2. The molecule has 6 rings (SSSR count). The number of benzene rings is 1. The van der Waals surface area contributed by atoms with Gasteiger partial charge in [0.1, 0.15) is 30.1 Å². The van der Waals surface area contributed by atoms with Crippen LogP contribution >= 0.6 is 0 Å². The van der Waals surface area contributed by atoms with E-state index in [9.17, 15) is 0 Å². The number of H-pyrrole nitrogens is 1. The second-order valence-electron chi connectivity index (χ2n) is 7.95. The highest BCUT2D eigenvalue weighted by atomic mass is 16.5. The van der Waals surface area contributed by atoms with E-state index in [2.05, 4.69) is 44.1 Å². The highest BCUT2D eigenvalue weighted by Crippen LogP contribution is 2.40. The first-order valence-electron chi connectivity index (χ1n) is 10.4. The Bertz CT molecular complexity index is 978. The molecule has 1 unspecified atom stereocenters. The minimum absolute atomic E-state index is 0.527. The summed E-state index contributed by atoms with van der Waals surface area (Å²) in [7, 11) is 0. The van der Waals surface area contributed by atoms with Gasteiger partial charge in [0.25, 0.3) is 0 Å². The molecule has 4 heterocycles. The molecule has 1 saturated carbocycles. The van der Waals surface area contributed by atoms with E-state index in [4.69, 9.17) is 15.2 Å². The zero-order chi connectivity index (χ0) is 19.6. The number of ether oxygens (including phenoxy) is 2. The van der Waals surface area contributed by atoms with Crippen LogP contribution in [-0.4, -0.2) is 58.8 Å². The Labute approximate surface area is 170 Å². The number of nitrogens with zero attached hydrogens (tertiary/aromatic N) is 3. The van der Waals surface area contributed by atoms with Gasteiger partial charge >= 0.3 is 0 Å². The van der Waals surface area contributed by atoms with Crippen molar-refractivity contribution in [2.75, 3.05) is 38.6 Å². The standard InChI is InChI=1S/C13H17NO2.C9H10N4/c1-2-4-13-11(3-1)9-12(10-16-13)14-5-7-15-8-6-14;10-8-6-3-7(5-1-2-5)13-9(6)12-4-11-8/h1-4,12H,5-10H2;3-5H,1-2H2,(H3,10,11,12,13). The first-order valence-corrected chi connectivity index (χ1v) is 10.4. The molecule has 3 aliphatic rings. The summed E-state index contributed by atoms with van der Waals surface area (Å²) < 4.78 is 11.2. The van der Waals surface area contributed by atoms with Gasteiger partial charge in [-0.3, -0.25) is 4.90 Å². The second-order valence-corrected chi connectivity index (χ2v) is 7.95. The first-order chi connectivity index (χ1) is 14.3. The molecule has 1 aliphatic carbocycles. The van der Waals surface area contributed by atoms with Crippen LogP contribution in [0.5, 0.6) is 5.75 Å². The van der Waals surface area contributed by atoms with Crippen LogP contribution in [0.3, 0.4) is 0 Å². The van der Waals surface area contributed by atoms with Gasteiger partial charge in [-0.2, -0.15) is 0 Å². The molecule has 0 radical (unpaired) electrons. The lowest BCUT2D eigenvalue weighted by Crippen LogP contribution is -2.48. The molecule has 2 aliphatic heterocycles. The molecule has 1 aromatic carbocycles. The van der Waals surface area contributed by atoms with Gasteiger partial charge in [-0.1, -0.05) is 18.2 Å². The lowest BCUT2D eigenvalue weighted by molar-refractivity contribution is 0.00248. The van der Waals surface area contributed by atoms with Gasteiger partial charge in [-0.05, 0) is 42.9 Å². The van der Waals surface area contributed by atoms with Crippen molar-refractivity contribution in [3.63, 3.8) is 0 Å². The summed E-state index contributed by atoms with van der Waals surface area (Å²) in [4.78, 5) is 13.8. The molecule has 2 fully saturated rings. The van der Waals surface area contributed by atoms with Crippen molar-refractivity contribution in [3.05, 3.63) is 47.9 Å². The van der Waals surface area contributed by atoms with Crippen molar-refractivity contribution in [1.82, 2.24) is 19.9 Å². The number of aromatic nitrogens is 3. The molecule has 7 heteroatoms. The molecule has 29 heavy (non-hydrogen) atoms. The fourth-order valence-corrected chi connectivity index (χ4v) is 4.08. The van der Waals surface area contributed by atoms with Gasteiger partial charge in [0.2, 0.25) is 0 Å². The minimum atomic E-state index is 0.527. The van der Waals surface area contributed by atoms with Crippen LogP contribution in [0.25, 0.3) is 11.0 Å².